The predicted molar refractivity (Wildman–Crippen MR) is 250 cm³/mol. The number of unbranched alkanes of at least 4 members (excludes halogenated alkanes) is 26. The van der Waals surface area contributed by atoms with Crippen molar-refractivity contribution < 1.29 is 37.3 Å². The second kappa shape index (κ2) is 43.4. The van der Waals surface area contributed by atoms with Gasteiger partial charge < -0.3 is 27.9 Å². The Morgan fingerprint density at radius 2 is 0.932 bits per heavy atom. The summed E-state index contributed by atoms with van der Waals surface area (Å²) in [6, 6.07) is 0. The van der Waals surface area contributed by atoms with Gasteiger partial charge in [0, 0.05) is 13.0 Å². The Balaban J connectivity index is 4.15. The number of rotatable bonds is 46. The molecule has 0 fully saturated rings. The molecule has 0 aromatic rings. The minimum absolute atomic E-state index is 0.0255. The van der Waals surface area contributed by atoms with Crippen LogP contribution in [0.3, 0.4) is 0 Å². The zero-order valence-corrected chi connectivity index (χ0v) is 40.4. The van der Waals surface area contributed by atoms with Crippen molar-refractivity contribution in [1.29, 1.82) is 0 Å². The van der Waals surface area contributed by atoms with Crippen molar-refractivity contribution in [2.24, 2.45) is 0 Å². The quantitative estimate of drug-likeness (QED) is 0.0198. The molecule has 2 unspecified atom stereocenters. The minimum atomic E-state index is -4.53. The molecule has 348 valence electrons. The van der Waals surface area contributed by atoms with Crippen LogP contribution in [0.1, 0.15) is 219 Å². The Morgan fingerprint density at radius 1 is 0.525 bits per heavy atom. The number of esters is 1. The van der Waals surface area contributed by atoms with E-state index in [0.29, 0.717) is 24.1 Å². The smallest absolute Gasteiger partial charge is 0.306 e. The van der Waals surface area contributed by atoms with Crippen molar-refractivity contribution in [1.82, 2.24) is 0 Å². The van der Waals surface area contributed by atoms with Crippen LogP contribution in [0.5, 0.6) is 0 Å². The predicted octanol–water partition coefficient (Wildman–Crippen LogP) is 14.3. The van der Waals surface area contributed by atoms with Crippen molar-refractivity contribution in [3.8, 4) is 0 Å². The number of likely N-dealkylation sites (N-methyl/N-ethyl adjacent to an activating group) is 1. The molecular weight excluding hydrogens is 758 g/mol. The monoisotopic (exact) mass is 854 g/mol. The van der Waals surface area contributed by atoms with Crippen LogP contribution in [-0.4, -0.2) is 70.7 Å². The molecule has 2 atom stereocenters. The van der Waals surface area contributed by atoms with E-state index in [4.69, 9.17) is 18.5 Å². The lowest BCUT2D eigenvalue weighted by Crippen LogP contribution is -2.37. The Kier molecular flexibility index (Phi) is 42.4. The summed E-state index contributed by atoms with van der Waals surface area (Å²) >= 11 is 0. The van der Waals surface area contributed by atoms with Gasteiger partial charge in [0.05, 0.1) is 34.4 Å². The second-order valence-electron chi connectivity index (χ2n) is 17.8. The molecule has 0 saturated heterocycles. The van der Waals surface area contributed by atoms with Crippen molar-refractivity contribution in [2.75, 3.05) is 54.1 Å². The van der Waals surface area contributed by atoms with E-state index < -0.39 is 13.9 Å². The summed E-state index contributed by atoms with van der Waals surface area (Å²) in [4.78, 5) is 25.1. The average molecular weight is 854 g/mol. The van der Waals surface area contributed by atoms with Gasteiger partial charge in [0.2, 0.25) is 0 Å². The van der Waals surface area contributed by atoms with E-state index in [1.54, 1.807) is 0 Å². The summed E-state index contributed by atoms with van der Waals surface area (Å²) in [6.45, 7) is 5.42. The van der Waals surface area contributed by atoms with Gasteiger partial charge in [0.15, 0.2) is 0 Å². The molecule has 0 bridgehead atoms. The number of carbonyl (C=O) groups excluding carboxylic acids is 1. The van der Waals surface area contributed by atoms with Gasteiger partial charge in [0.1, 0.15) is 19.3 Å². The highest BCUT2D eigenvalue weighted by Gasteiger charge is 2.20. The average Bonchev–Trinajstić information content (AvgIpc) is 3.19. The summed E-state index contributed by atoms with van der Waals surface area (Å²) in [5, 5.41) is 0. The third-order valence-corrected chi connectivity index (χ3v) is 11.7. The van der Waals surface area contributed by atoms with Crippen LogP contribution in [0, 0.1) is 0 Å². The van der Waals surface area contributed by atoms with Gasteiger partial charge in [-0.15, -0.1) is 0 Å². The van der Waals surface area contributed by atoms with Crippen molar-refractivity contribution in [3.05, 3.63) is 36.5 Å². The molecule has 0 amide bonds. The van der Waals surface area contributed by atoms with Crippen LogP contribution in [-0.2, 0) is 27.9 Å². The molecule has 0 radical (unpaired) electrons. The molecule has 8 nitrogen and oxygen atoms in total. The maximum Gasteiger partial charge on any atom is 0.306 e. The van der Waals surface area contributed by atoms with Crippen LogP contribution in [0.4, 0.5) is 0 Å². The highest BCUT2D eigenvalue weighted by molar-refractivity contribution is 7.45. The van der Waals surface area contributed by atoms with E-state index in [2.05, 4.69) is 50.3 Å². The summed E-state index contributed by atoms with van der Waals surface area (Å²) < 4.78 is 34.7. The molecule has 0 aliphatic heterocycles. The second-order valence-corrected chi connectivity index (χ2v) is 19.2. The maximum atomic E-state index is 12.7. The van der Waals surface area contributed by atoms with Crippen LogP contribution >= 0.6 is 7.82 Å². The Morgan fingerprint density at radius 3 is 1.39 bits per heavy atom. The van der Waals surface area contributed by atoms with E-state index in [9.17, 15) is 14.3 Å². The summed E-state index contributed by atoms with van der Waals surface area (Å²) in [6.07, 6.45) is 51.6. The molecule has 0 heterocycles. The number of hydrogen-bond donors (Lipinski definition) is 0. The first-order valence-corrected chi connectivity index (χ1v) is 26.2. The number of quaternary nitrogens is 1. The van der Waals surface area contributed by atoms with Crippen LogP contribution in [0.2, 0.25) is 0 Å². The molecule has 0 spiro atoms. The Labute approximate surface area is 365 Å². The van der Waals surface area contributed by atoms with Crippen molar-refractivity contribution in [2.45, 2.75) is 225 Å². The number of hydrogen-bond acceptors (Lipinski definition) is 7. The fourth-order valence-corrected chi connectivity index (χ4v) is 7.58. The first kappa shape index (κ1) is 57.7. The fourth-order valence-electron chi connectivity index (χ4n) is 6.85. The first-order valence-electron chi connectivity index (χ1n) is 24.7. The van der Waals surface area contributed by atoms with Gasteiger partial charge in [-0.05, 0) is 51.4 Å². The molecule has 0 rings (SSSR count). The van der Waals surface area contributed by atoms with Gasteiger partial charge in [-0.25, -0.2) is 0 Å². The van der Waals surface area contributed by atoms with Crippen molar-refractivity contribution >= 4 is 13.8 Å². The summed E-state index contributed by atoms with van der Waals surface area (Å²) in [5.41, 5.74) is 0. The lowest BCUT2D eigenvalue weighted by atomic mass is 10.0. The van der Waals surface area contributed by atoms with Gasteiger partial charge in [0.25, 0.3) is 7.82 Å². The molecule has 0 aliphatic carbocycles. The number of carbonyl (C=O) groups is 1. The lowest BCUT2D eigenvalue weighted by Gasteiger charge is -2.28. The molecular formula is C50H96NO7P. The number of nitrogens with zero attached hydrogens (tertiary/aromatic N) is 1. The Bertz CT molecular complexity index is 1040. The molecule has 9 heteroatoms. The summed E-state index contributed by atoms with van der Waals surface area (Å²) in [7, 11) is 1.36. The Hall–Kier alpha value is -1.28. The first-order chi connectivity index (χ1) is 28.6. The van der Waals surface area contributed by atoms with Gasteiger partial charge in [-0.2, -0.15) is 0 Å². The largest absolute Gasteiger partial charge is 0.756 e. The lowest BCUT2D eigenvalue weighted by molar-refractivity contribution is -0.870. The number of ether oxygens (including phenoxy) is 2. The normalized spacial score (nSPS) is 13.9. The minimum Gasteiger partial charge on any atom is -0.756 e. The van der Waals surface area contributed by atoms with E-state index in [1.165, 1.54) is 148 Å². The third-order valence-electron chi connectivity index (χ3n) is 10.7. The van der Waals surface area contributed by atoms with E-state index in [0.717, 1.165) is 51.4 Å². The molecule has 0 N–H and O–H groups in total. The highest BCUT2D eigenvalue weighted by atomic mass is 31.2. The van der Waals surface area contributed by atoms with Gasteiger partial charge in [-0.1, -0.05) is 198 Å². The number of allylic oxidation sites excluding steroid dienone is 6. The molecule has 0 aliphatic rings. The SMILES string of the molecule is CCCCCCC/C=C\C/C=C\C/C=C\CCCCCCCCCCC(=O)OC(COCCCCCCCCCCCCCCCC)COP(=O)([O-])OCC[N+](C)(C)C. The zero-order chi connectivity index (χ0) is 43.4. The number of phosphoric acid groups is 1. The topological polar surface area (TPSA) is 94.1 Å². The van der Waals surface area contributed by atoms with Crippen LogP contribution < -0.4 is 4.89 Å². The van der Waals surface area contributed by atoms with Crippen molar-refractivity contribution in [3.63, 3.8) is 0 Å². The van der Waals surface area contributed by atoms with Gasteiger partial charge >= 0.3 is 5.97 Å². The highest BCUT2D eigenvalue weighted by Crippen LogP contribution is 2.38. The standard InChI is InChI=1S/C50H96NO7P/c1-6-8-10-12-14-16-18-20-22-23-24-25-26-27-28-29-30-31-33-35-37-39-41-43-50(52)58-49(48-57-59(53,54)56-46-44-51(3,4)5)47-55-45-42-40-38-36-34-32-21-19-17-15-13-11-9-7-2/h18,20,23-24,26-27,49H,6-17,19,21-22,25,28-48H2,1-5H3/b20-18-,24-23-,27-26-. The number of phosphoric ester groups is 1. The van der Waals surface area contributed by atoms with E-state index in [1.807, 2.05) is 21.1 Å². The van der Waals surface area contributed by atoms with E-state index in [-0.39, 0.29) is 25.8 Å². The molecule has 59 heavy (non-hydrogen) atoms. The van der Waals surface area contributed by atoms with Crippen LogP contribution in [0.15, 0.2) is 36.5 Å². The molecule has 0 saturated carbocycles. The fraction of sp³-hybridized carbons (Fsp3) is 0.860. The van der Waals surface area contributed by atoms with Crippen LogP contribution in [0.25, 0.3) is 0 Å². The third kappa shape index (κ3) is 47.6. The maximum absolute atomic E-state index is 12.7. The molecule has 0 aromatic heterocycles. The molecule has 0 aromatic carbocycles. The summed E-state index contributed by atoms with van der Waals surface area (Å²) in [5.74, 6) is -0.339. The van der Waals surface area contributed by atoms with Gasteiger partial charge in [-0.3, -0.25) is 9.36 Å². The zero-order valence-electron chi connectivity index (χ0n) is 39.5. The van der Waals surface area contributed by atoms with E-state index >= 15 is 0 Å².